The van der Waals surface area contributed by atoms with Crippen molar-refractivity contribution in [1.82, 2.24) is 0 Å². The number of aryl methyl sites for hydroxylation is 2. The molecule has 0 atom stereocenters. The van der Waals surface area contributed by atoms with Gasteiger partial charge in [0.2, 0.25) is 0 Å². The summed E-state index contributed by atoms with van der Waals surface area (Å²) in [4.78, 5) is 2.38. The Hall–Kier alpha value is -2.54. The number of rotatable bonds is 3. The molecular formula is C27H31N. The summed E-state index contributed by atoms with van der Waals surface area (Å²) < 4.78 is 0. The lowest BCUT2D eigenvalue weighted by Crippen LogP contribution is -2.18. The highest BCUT2D eigenvalue weighted by atomic mass is 15.1. The zero-order chi connectivity index (χ0) is 20.1. The lowest BCUT2D eigenvalue weighted by molar-refractivity contribution is 0.403. The monoisotopic (exact) mass is 369 g/mol. The average Bonchev–Trinajstić information content (AvgIpc) is 2.82. The van der Waals surface area contributed by atoms with Gasteiger partial charge in [-0.15, -0.1) is 0 Å². The Morgan fingerprint density at radius 1 is 0.571 bits per heavy atom. The maximum Gasteiger partial charge on any atom is 0.0464 e. The first-order valence-electron chi connectivity index (χ1n) is 10.3. The second kappa shape index (κ2) is 6.51. The van der Waals surface area contributed by atoms with E-state index in [1.807, 2.05) is 0 Å². The smallest absolute Gasteiger partial charge is 0.0464 e. The van der Waals surface area contributed by atoms with E-state index in [2.05, 4.69) is 113 Å². The summed E-state index contributed by atoms with van der Waals surface area (Å²) in [6.07, 6.45) is 1.19. The van der Waals surface area contributed by atoms with E-state index < -0.39 is 0 Å². The zero-order valence-electron chi connectivity index (χ0n) is 18.0. The van der Waals surface area contributed by atoms with E-state index in [9.17, 15) is 0 Å². The standard InChI is InChI=1S/C27H31N/c1-19-7-11-21(12-8-19)28(22-13-9-20(2)10-14-22)23-15-16-24-25(17-23)27(5,6)18-26(24,3)4/h7-17H,18H2,1-6H3. The first-order valence-corrected chi connectivity index (χ1v) is 10.3. The van der Waals surface area contributed by atoms with Gasteiger partial charge in [-0.25, -0.2) is 0 Å². The maximum atomic E-state index is 2.42. The summed E-state index contributed by atoms with van der Waals surface area (Å²) in [6.45, 7) is 13.8. The van der Waals surface area contributed by atoms with E-state index in [1.54, 1.807) is 0 Å². The summed E-state index contributed by atoms with van der Waals surface area (Å²) in [6, 6.07) is 24.7. The lowest BCUT2D eigenvalue weighted by atomic mass is 9.82. The van der Waals surface area contributed by atoms with Crippen molar-refractivity contribution in [1.29, 1.82) is 0 Å². The number of nitrogens with zero attached hydrogens (tertiary/aromatic N) is 1. The van der Waals surface area contributed by atoms with E-state index in [4.69, 9.17) is 0 Å². The van der Waals surface area contributed by atoms with Crippen molar-refractivity contribution in [2.24, 2.45) is 0 Å². The third kappa shape index (κ3) is 3.24. The quantitative estimate of drug-likeness (QED) is 0.456. The molecule has 3 aromatic carbocycles. The summed E-state index contributed by atoms with van der Waals surface area (Å²) in [5, 5.41) is 0. The molecule has 0 aromatic heterocycles. The van der Waals surface area contributed by atoms with Crippen LogP contribution in [0.2, 0.25) is 0 Å². The Bertz CT molecular complexity index is 946. The summed E-state index contributed by atoms with van der Waals surface area (Å²) in [7, 11) is 0. The van der Waals surface area contributed by atoms with Crippen molar-refractivity contribution in [3.05, 3.63) is 89.0 Å². The fourth-order valence-electron chi connectivity index (χ4n) is 4.95. The molecule has 0 aliphatic heterocycles. The molecule has 1 aliphatic rings. The highest BCUT2D eigenvalue weighted by molar-refractivity contribution is 5.77. The predicted molar refractivity (Wildman–Crippen MR) is 121 cm³/mol. The molecule has 3 aromatic rings. The molecule has 0 saturated carbocycles. The van der Waals surface area contributed by atoms with Crippen LogP contribution in [0.5, 0.6) is 0 Å². The molecule has 4 rings (SSSR count). The molecule has 0 bridgehead atoms. The van der Waals surface area contributed by atoms with Crippen molar-refractivity contribution in [3.63, 3.8) is 0 Å². The molecule has 0 radical (unpaired) electrons. The minimum Gasteiger partial charge on any atom is -0.310 e. The summed E-state index contributed by atoms with van der Waals surface area (Å²) in [5.41, 5.74) is 9.60. The van der Waals surface area contributed by atoms with Crippen LogP contribution in [0, 0.1) is 13.8 Å². The Morgan fingerprint density at radius 3 is 1.50 bits per heavy atom. The van der Waals surface area contributed by atoms with Gasteiger partial charge in [0.15, 0.2) is 0 Å². The Labute approximate surface area is 170 Å². The van der Waals surface area contributed by atoms with E-state index in [1.165, 1.54) is 45.7 Å². The van der Waals surface area contributed by atoms with Crippen LogP contribution < -0.4 is 4.90 Å². The molecule has 1 nitrogen and oxygen atoms in total. The predicted octanol–water partition coefficient (Wildman–Crippen LogP) is 7.73. The fourth-order valence-corrected chi connectivity index (χ4v) is 4.95. The number of hydrogen-bond acceptors (Lipinski definition) is 1. The number of hydrogen-bond donors (Lipinski definition) is 0. The van der Waals surface area contributed by atoms with Crippen LogP contribution in [0.1, 0.15) is 56.4 Å². The molecular weight excluding hydrogens is 338 g/mol. The Balaban J connectivity index is 1.88. The van der Waals surface area contributed by atoms with E-state index in [-0.39, 0.29) is 10.8 Å². The van der Waals surface area contributed by atoms with Crippen LogP contribution in [0.15, 0.2) is 66.7 Å². The largest absolute Gasteiger partial charge is 0.310 e. The molecule has 0 fully saturated rings. The normalized spacial score (nSPS) is 16.6. The summed E-state index contributed by atoms with van der Waals surface area (Å²) >= 11 is 0. The molecule has 0 heterocycles. The van der Waals surface area contributed by atoms with Gasteiger partial charge in [0, 0.05) is 17.1 Å². The highest BCUT2D eigenvalue weighted by Gasteiger charge is 2.42. The highest BCUT2D eigenvalue weighted by Crippen LogP contribution is 2.51. The van der Waals surface area contributed by atoms with Crippen molar-refractivity contribution < 1.29 is 0 Å². The lowest BCUT2D eigenvalue weighted by Gasteiger charge is -2.28. The van der Waals surface area contributed by atoms with Gasteiger partial charge in [0.05, 0.1) is 0 Å². The van der Waals surface area contributed by atoms with Gasteiger partial charge in [-0.2, -0.15) is 0 Å². The van der Waals surface area contributed by atoms with Crippen LogP contribution in [0.4, 0.5) is 17.1 Å². The number of anilines is 3. The molecule has 0 spiro atoms. The molecule has 28 heavy (non-hydrogen) atoms. The van der Waals surface area contributed by atoms with E-state index in [0.29, 0.717) is 0 Å². The van der Waals surface area contributed by atoms with Crippen molar-refractivity contribution >= 4 is 17.1 Å². The molecule has 1 aliphatic carbocycles. The Kier molecular flexibility index (Phi) is 4.38. The van der Waals surface area contributed by atoms with E-state index >= 15 is 0 Å². The third-order valence-corrected chi connectivity index (χ3v) is 6.19. The molecule has 0 amide bonds. The third-order valence-electron chi connectivity index (χ3n) is 6.19. The second-order valence-electron chi connectivity index (χ2n) is 9.68. The van der Waals surface area contributed by atoms with Crippen LogP contribution in [0.25, 0.3) is 0 Å². The average molecular weight is 370 g/mol. The van der Waals surface area contributed by atoms with Gasteiger partial charge in [0.1, 0.15) is 0 Å². The fraction of sp³-hybridized carbons (Fsp3) is 0.333. The minimum atomic E-state index is 0.196. The van der Waals surface area contributed by atoms with Crippen molar-refractivity contribution in [2.75, 3.05) is 4.90 Å². The SMILES string of the molecule is Cc1ccc(N(c2ccc(C)cc2)c2ccc3c(c2)C(C)(C)CC3(C)C)cc1. The van der Waals surface area contributed by atoms with Crippen molar-refractivity contribution in [3.8, 4) is 0 Å². The van der Waals surface area contributed by atoms with E-state index in [0.717, 1.165) is 0 Å². The van der Waals surface area contributed by atoms with Gasteiger partial charge in [-0.1, -0.05) is 69.2 Å². The molecule has 1 heteroatoms. The number of benzene rings is 3. The van der Waals surface area contributed by atoms with Gasteiger partial charge in [-0.05, 0) is 78.6 Å². The topological polar surface area (TPSA) is 3.24 Å². The molecule has 0 saturated heterocycles. The minimum absolute atomic E-state index is 0.196. The van der Waals surface area contributed by atoms with Gasteiger partial charge in [-0.3, -0.25) is 0 Å². The number of fused-ring (bicyclic) bond motifs is 1. The first kappa shape index (κ1) is 18.8. The maximum absolute atomic E-state index is 2.42. The van der Waals surface area contributed by atoms with Crippen LogP contribution in [0.3, 0.4) is 0 Å². The first-order chi connectivity index (χ1) is 13.2. The zero-order valence-corrected chi connectivity index (χ0v) is 18.0. The van der Waals surface area contributed by atoms with Crippen LogP contribution in [-0.2, 0) is 10.8 Å². The second-order valence-corrected chi connectivity index (χ2v) is 9.68. The molecule has 0 unspecified atom stereocenters. The summed E-state index contributed by atoms with van der Waals surface area (Å²) in [5.74, 6) is 0. The van der Waals surface area contributed by atoms with Gasteiger partial charge < -0.3 is 4.90 Å². The Morgan fingerprint density at radius 2 is 1.00 bits per heavy atom. The van der Waals surface area contributed by atoms with Gasteiger partial charge in [0.25, 0.3) is 0 Å². The van der Waals surface area contributed by atoms with Crippen molar-refractivity contribution in [2.45, 2.75) is 58.8 Å². The molecule has 0 N–H and O–H groups in total. The van der Waals surface area contributed by atoms with Crippen LogP contribution in [-0.4, -0.2) is 0 Å². The molecule has 144 valence electrons. The van der Waals surface area contributed by atoms with Gasteiger partial charge >= 0.3 is 0 Å². The van der Waals surface area contributed by atoms with Crippen LogP contribution >= 0.6 is 0 Å².